The maximum atomic E-state index is 12.9. The van der Waals surface area contributed by atoms with Crippen LogP contribution in [0, 0.1) is 0 Å². The van der Waals surface area contributed by atoms with Crippen LogP contribution in [0.3, 0.4) is 0 Å². The van der Waals surface area contributed by atoms with Crippen molar-refractivity contribution in [1.82, 2.24) is 21.3 Å². The highest BCUT2D eigenvalue weighted by Crippen LogP contribution is 2.08. The van der Waals surface area contributed by atoms with Gasteiger partial charge in [-0.3, -0.25) is 19.2 Å². The number of rotatable bonds is 15. The van der Waals surface area contributed by atoms with Crippen molar-refractivity contribution in [2.75, 3.05) is 26.2 Å². The Morgan fingerprint density at radius 3 is 2.03 bits per heavy atom. The van der Waals surface area contributed by atoms with Gasteiger partial charge in [0.15, 0.2) is 0 Å². The maximum Gasteiger partial charge on any atom is 0.322 e. The molecule has 30 heavy (non-hydrogen) atoms. The summed E-state index contributed by atoms with van der Waals surface area (Å²) < 4.78 is 0. The second kappa shape index (κ2) is 14.7. The Labute approximate surface area is 177 Å². The number of carbonyl (C=O) groups is 4. The topological polar surface area (TPSA) is 189 Å². The van der Waals surface area contributed by atoms with E-state index in [1.54, 1.807) is 0 Å². The molecule has 1 aliphatic heterocycles. The molecule has 1 fully saturated rings. The van der Waals surface area contributed by atoms with Crippen LogP contribution in [-0.2, 0) is 19.2 Å². The quantitative estimate of drug-likeness (QED) is 0.148. The van der Waals surface area contributed by atoms with Gasteiger partial charge >= 0.3 is 5.97 Å². The minimum absolute atomic E-state index is 0.240. The van der Waals surface area contributed by atoms with Crippen molar-refractivity contribution < 1.29 is 24.3 Å². The Hall–Kier alpha value is -2.24. The van der Waals surface area contributed by atoms with E-state index >= 15 is 0 Å². The number of nitrogens with one attached hydrogen (secondary N) is 4. The average Bonchev–Trinajstić information content (AvgIpc) is 3.25. The number of hydrogen-bond donors (Lipinski definition) is 7. The van der Waals surface area contributed by atoms with Gasteiger partial charge in [-0.1, -0.05) is 0 Å². The zero-order chi connectivity index (χ0) is 22.4. The Bertz CT molecular complexity index is 568. The number of hydrogen-bond acceptors (Lipinski definition) is 7. The predicted molar refractivity (Wildman–Crippen MR) is 111 cm³/mol. The normalized spacial score (nSPS) is 17.7. The molecule has 11 heteroatoms. The highest BCUT2D eigenvalue weighted by atomic mass is 16.4. The van der Waals surface area contributed by atoms with E-state index in [4.69, 9.17) is 16.6 Å². The highest BCUT2D eigenvalue weighted by molar-refractivity contribution is 5.93. The van der Waals surface area contributed by atoms with Crippen LogP contribution in [0.25, 0.3) is 0 Å². The van der Waals surface area contributed by atoms with Gasteiger partial charge in [0.2, 0.25) is 17.7 Å². The standard InChI is InChI=1S/C19H36N6O5/c20-9-3-1-6-14(17(28)23-12-16(26)27)24-19(30)15(7-2-4-10-21)25-18(29)13-8-5-11-22-13/h13-15,22H,1-12,20-21H2,(H,23,28)(H,24,30)(H,25,29)(H,26,27). The van der Waals surface area contributed by atoms with E-state index in [0.29, 0.717) is 58.0 Å². The van der Waals surface area contributed by atoms with Crippen LogP contribution >= 0.6 is 0 Å². The van der Waals surface area contributed by atoms with E-state index in [1.807, 2.05) is 0 Å². The highest BCUT2D eigenvalue weighted by Gasteiger charge is 2.29. The number of carbonyl (C=O) groups excluding carboxylic acids is 3. The molecule has 3 amide bonds. The number of aliphatic carboxylic acids is 1. The van der Waals surface area contributed by atoms with Crippen LogP contribution in [0.5, 0.6) is 0 Å². The van der Waals surface area contributed by atoms with Crippen molar-refractivity contribution in [3.8, 4) is 0 Å². The fourth-order valence-electron chi connectivity index (χ4n) is 3.26. The Kier molecular flexibility index (Phi) is 12.6. The summed E-state index contributed by atoms with van der Waals surface area (Å²) in [4.78, 5) is 48.4. The molecule has 1 aliphatic rings. The number of carboxylic acids is 1. The zero-order valence-corrected chi connectivity index (χ0v) is 17.5. The Morgan fingerprint density at radius 1 is 0.933 bits per heavy atom. The molecule has 9 N–H and O–H groups in total. The minimum atomic E-state index is -1.17. The lowest BCUT2D eigenvalue weighted by Gasteiger charge is -2.24. The average molecular weight is 429 g/mol. The fourth-order valence-corrected chi connectivity index (χ4v) is 3.26. The molecule has 1 heterocycles. The van der Waals surface area contributed by atoms with E-state index in [0.717, 1.165) is 13.0 Å². The molecule has 1 rings (SSSR count). The van der Waals surface area contributed by atoms with E-state index < -0.39 is 36.4 Å². The van der Waals surface area contributed by atoms with Gasteiger partial charge in [-0.25, -0.2) is 0 Å². The molecule has 0 aromatic rings. The Balaban J connectivity index is 2.77. The van der Waals surface area contributed by atoms with Crippen LogP contribution in [0.2, 0.25) is 0 Å². The molecule has 0 radical (unpaired) electrons. The van der Waals surface area contributed by atoms with Crippen molar-refractivity contribution in [2.45, 2.75) is 69.5 Å². The molecule has 0 aromatic heterocycles. The maximum absolute atomic E-state index is 12.9. The first-order valence-electron chi connectivity index (χ1n) is 10.6. The minimum Gasteiger partial charge on any atom is -0.480 e. The summed E-state index contributed by atoms with van der Waals surface area (Å²) in [7, 11) is 0. The van der Waals surface area contributed by atoms with Crippen molar-refractivity contribution in [1.29, 1.82) is 0 Å². The monoisotopic (exact) mass is 428 g/mol. The molecule has 172 valence electrons. The molecule has 0 spiro atoms. The third-order valence-corrected chi connectivity index (χ3v) is 4.95. The summed E-state index contributed by atoms with van der Waals surface area (Å²) in [5, 5.41) is 19.6. The molecule has 0 aliphatic carbocycles. The summed E-state index contributed by atoms with van der Waals surface area (Å²) in [5.41, 5.74) is 11.0. The van der Waals surface area contributed by atoms with Gasteiger partial charge in [0.1, 0.15) is 18.6 Å². The molecular weight excluding hydrogens is 392 g/mol. The summed E-state index contributed by atoms with van der Waals surface area (Å²) in [6, 6.07) is -2.02. The zero-order valence-electron chi connectivity index (χ0n) is 17.5. The van der Waals surface area contributed by atoms with Crippen molar-refractivity contribution in [3.05, 3.63) is 0 Å². The van der Waals surface area contributed by atoms with Crippen LogP contribution in [-0.4, -0.2) is 73.1 Å². The second-order valence-corrected chi connectivity index (χ2v) is 7.45. The van der Waals surface area contributed by atoms with Crippen LogP contribution < -0.4 is 32.7 Å². The molecule has 0 saturated carbocycles. The first-order chi connectivity index (χ1) is 14.4. The van der Waals surface area contributed by atoms with Gasteiger partial charge in [-0.2, -0.15) is 0 Å². The first kappa shape index (κ1) is 25.8. The van der Waals surface area contributed by atoms with Gasteiger partial charge in [-0.05, 0) is 71.0 Å². The fraction of sp³-hybridized carbons (Fsp3) is 0.789. The van der Waals surface area contributed by atoms with E-state index in [2.05, 4.69) is 21.3 Å². The van der Waals surface area contributed by atoms with Crippen molar-refractivity contribution in [2.24, 2.45) is 11.5 Å². The molecule has 0 aromatic carbocycles. The third kappa shape index (κ3) is 9.99. The molecule has 3 unspecified atom stereocenters. The van der Waals surface area contributed by atoms with Gasteiger partial charge in [0.05, 0.1) is 6.04 Å². The lowest BCUT2D eigenvalue weighted by molar-refractivity contribution is -0.138. The molecule has 0 bridgehead atoms. The SMILES string of the molecule is NCCCCC(NC(=O)C(CCCCN)NC(=O)C1CCCN1)C(=O)NCC(=O)O. The van der Waals surface area contributed by atoms with Gasteiger partial charge in [0.25, 0.3) is 0 Å². The van der Waals surface area contributed by atoms with Crippen LogP contribution in [0.15, 0.2) is 0 Å². The summed E-state index contributed by atoms with van der Waals surface area (Å²) >= 11 is 0. The smallest absolute Gasteiger partial charge is 0.322 e. The van der Waals surface area contributed by atoms with Crippen LogP contribution in [0.4, 0.5) is 0 Å². The number of amides is 3. The number of carboxylic acid groups (broad SMARTS) is 1. The second-order valence-electron chi connectivity index (χ2n) is 7.45. The van der Waals surface area contributed by atoms with E-state index in [-0.39, 0.29) is 11.9 Å². The van der Waals surface area contributed by atoms with Gasteiger partial charge in [0, 0.05) is 0 Å². The molecular formula is C19H36N6O5. The first-order valence-corrected chi connectivity index (χ1v) is 10.6. The van der Waals surface area contributed by atoms with E-state index in [1.165, 1.54) is 0 Å². The van der Waals surface area contributed by atoms with Gasteiger partial charge in [-0.15, -0.1) is 0 Å². The molecule has 11 nitrogen and oxygen atoms in total. The van der Waals surface area contributed by atoms with Crippen molar-refractivity contribution in [3.63, 3.8) is 0 Å². The van der Waals surface area contributed by atoms with E-state index in [9.17, 15) is 19.2 Å². The number of unbranched alkanes of at least 4 members (excludes halogenated alkanes) is 2. The lowest BCUT2D eigenvalue weighted by atomic mass is 10.0. The summed E-state index contributed by atoms with van der Waals surface area (Å²) in [6.07, 6.45) is 4.95. The van der Waals surface area contributed by atoms with Crippen LogP contribution in [0.1, 0.15) is 51.4 Å². The lowest BCUT2D eigenvalue weighted by Crippen LogP contribution is -2.56. The third-order valence-electron chi connectivity index (χ3n) is 4.95. The molecule has 1 saturated heterocycles. The Morgan fingerprint density at radius 2 is 1.53 bits per heavy atom. The van der Waals surface area contributed by atoms with Gasteiger partial charge < -0.3 is 37.8 Å². The molecule has 3 atom stereocenters. The largest absolute Gasteiger partial charge is 0.480 e. The predicted octanol–water partition coefficient (Wildman–Crippen LogP) is -1.83. The van der Waals surface area contributed by atoms with Crippen molar-refractivity contribution >= 4 is 23.7 Å². The summed E-state index contributed by atoms with van der Waals surface area (Å²) in [6.45, 7) is 1.15. The number of nitrogens with two attached hydrogens (primary N) is 2. The summed E-state index contributed by atoms with van der Waals surface area (Å²) in [5.74, 6) is -2.46.